The molecule has 0 aliphatic rings. The lowest BCUT2D eigenvalue weighted by Gasteiger charge is -2.18. The minimum Gasteiger partial charge on any atom is -0.494 e. The summed E-state index contributed by atoms with van der Waals surface area (Å²) in [5, 5.41) is 2.14. The molecule has 0 aliphatic carbocycles. The second-order valence-electron chi connectivity index (χ2n) is 3.95. The van der Waals surface area contributed by atoms with Crippen molar-refractivity contribution in [2.45, 2.75) is 19.1 Å². The fraction of sp³-hybridized carbons (Fsp3) is 0.462. The van der Waals surface area contributed by atoms with Crippen LogP contribution in [-0.2, 0) is 9.53 Å². The van der Waals surface area contributed by atoms with Crippen molar-refractivity contribution in [3.63, 3.8) is 0 Å². The van der Waals surface area contributed by atoms with Crippen LogP contribution in [-0.4, -0.2) is 32.4 Å². The molecule has 0 aliphatic heterocycles. The van der Waals surface area contributed by atoms with E-state index in [-0.39, 0.29) is 0 Å². The summed E-state index contributed by atoms with van der Waals surface area (Å²) in [5.74, 6) is -0.200. The maximum atomic E-state index is 12.2. The number of nitrogens with one attached hydrogen (secondary N) is 1. The monoisotopic (exact) mass is 291 g/mol. The van der Waals surface area contributed by atoms with Gasteiger partial charge in [-0.05, 0) is 24.6 Å². The maximum absolute atomic E-state index is 12.2. The molecule has 1 aromatic rings. The second kappa shape index (κ2) is 7.14. The SMILES string of the molecule is CCOc1ccc(C(NCC(F)(F)F)C(=O)OC)cc1. The van der Waals surface area contributed by atoms with E-state index in [1.165, 1.54) is 12.1 Å². The lowest BCUT2D eigenvalue weighted by molar-refractivity contribution is -0.146. The number of carbonyl (C=O) groups is 1. The van der Waals surface area contributed by atoms with E-state index in [9.17, 15) is 18.0 Å². The lowest BCUT2D eigenvalue weighted by atomic mass is 10.1. The van der Waals surface area contributed by atoms with Crippen molar-refractivity contribution in [1.82, 2.24) is 5.32 Å². The molecule has 4 nitrogen and oxygen atoms in total. The van der Waals surface area contributed by atoms with Crippen LogP contribution in [0, 0.1) is 0 Å². The summed E-state index contributed by atoms with van der Waals surface area (Å²) < 4.78 is 46.4. The summed E-state index contributed by atoms with van der Waals surface area (Å²) in [6.07, 6.45) is -4.41. The first-order valence-electron chi connectivity index (χ1n) is 5.98. The Kier molecular flexibility index (Phi) is 5.82. The molecule has 0 heterocycles. The number of benzene rings is 1. The Hall–Kier alpha value is -1.76. The molecule has 0 saturated carbocycles. The highest BCUT2D eigenvalue weighted by Gasteiger charge is 2.31. The van der Waals surface area contributed by atoms with E-state index in [0.717, 1.165) is 7.11 Å². The van der Waals surface area contributed by atoms with Crippen molar-refractivity contribution in [1.29, 1.82) is 0 Å². The first-order valence-corrected chi connectivity index (χ1v) is 5.98. The first-order chi connectivity index (χ1) is 9.37. The molecule has 0 bridgehead atoms. The van der Waals surface area contributed by atoms with Crippen molar-refractivity contribution in [3.05, 3.63) is 29.8 Å². The largest absolute Gasteiger partial charge is 0.494 e. The number of carbonyl (C=O) groups excluding carboxylic acids is 1. The molecule has 0 saturated heterocycles. The average molecular weight is 291 g/mol. The van der Waals surface area contributed by atoms with Crippen molar-refractivity contribution >= 4 is 5.97 Å². The molecular formula is C13H16F3NO3. The van der Waals surface area contributed by atoms with Crippen molar-refractivity contribution < 1.29 is 27.4 Å². The Morgan fingerprint density at radius 2 is 1.90 bits per heavy atom. The molecule has 112 valence electrons. The van der Waals surface area contributed by atoms with Gasteiger partial charge >= 0.3 is 12.1 Å². The quantitative estimate of drug-likeness (QED) is 0.818. The van der Waals surface area contributed by atoms with Gasteiger partial charge in [-0.3, -0.25) is 5.32 Å². The van der Waals surface area contributed by atoms with Gasteiger partial charge in [-0.1, -0.05) is 12.1 Å². The van der Waals surface area contributed by atoms with E-state index < -0.39 is 24.7 Å². The van der Waals surface area contributed by atoms with Crippen LogP contribution in [0.15, 0.2) is 24.3 Å². The molecule has 1 aromatic carbocycles. The van der Waals surface area contributed by atoms with Crippen LogP contribution in [0.1, 0.15) is 18.5 Å². The third-order valence-electron chi connectivity index (χ3n) is 2.47. The van der Waals surface area contributed by atoms with Crippen molar-refractivity contribution in [3.8, 4) is 5.75 Å². The van der Waals surface area contributed by atoms with Crippen molar-refractivity contribution in [2.75, 3.05) is 20.3 Å². The lowest BCUT2D eigenvalue weighted by Crippen LogP contribution is -2.36. The molecule has 1 N–H and O–H groups in total. The minimum absolute atomic E-state index is 0.379. The molecule has 1 unspecified atom stereocenters. The van der Waals surface area contributed by atoms with Gasteiger partial charge in [-0.15, -0.1) is 0 Å². The van der Waals surface area contributed by atoms with E-state index in [0.29, 0.717) is 17.9 Å². The Bertz CT molecular complexity index is 431. The van der Waals surface area contributed by atoms with Gasteiger partial charge < -0.3 is 9.47 Å². The van der Waals surface area contributed by atoms with Gasteiger partial charge in [0.25, 0.3) is 0 Å². The van der Waals surface area contributed by atoms with Crippen LogP contribution in [0.2, 0.25) is 0 Å². The summed E-state index contributed by atoms with van der Waals surface area (Å²) in [6, 6.07) is 5.05. The predicted molar refractivity (Wildman–Crippen MR) is 66.4 cm³/mol. The molecule has 0 radical (unpaired) electrons. The molecule has 0 fully saturated rings. The zero-order valence-electron chi connectivity index (χ0n) is 11.2. The number of alkyl halides is 3. The van der Waals surface area contributed by atoms with E-state index in [1.807, 2.05) is 6.92 Å². The molecule has 1 atom stereocenters. The third kappa shape index (κ3) is 5.08. The number of rotatable bonds is 6. The molecule has 0 amide bonds. The van der Waals surface area contributed by atoms with Gasteiger partial charge in [-0.2, -0.15) is 13.2 Å². The number of methoxy groups -OCH3 is 1. The average Bonchev–Trinajstić information content (AvgIpc) is 2.39. The van der Waals surface area contributed by atoms with Crippen LogP contribution in [0.25, 0.3) is 0 Å². The topological polar surface area (TPSA) is 47.6 Å². The Morgan fingerprint density at radius 3 is 2.35 bits per heavy atom. The molecule has 1 rings (SSSR count). The minimum atomic E-state index is -4.41. The summed E-state index contributed by atoms with van der Waals surface area (Å²) in [6.45, 7) is 1.02. The zero-order chi connectivity index (χ0) is 15.2. The van der Waals surface area contributed by atoms with E-state index in [4.69, 9.17) is 4.74 Å². The van der Waals surface area contributed by atoms with Crippen LogP contribution >= 0.6 is 0 Å². The van der Waals surface area contributed by atoms with Gasteiger partial charge in [0.15, 0.2) is 0 Å². The number of ether oxygens (including phenoxy) is 2. The Balaban J connectivity index is 2.84. The molecule has 0 spiro atoms. The standard InChI is InChI=1S/C13H16F3NO3/c1-3-20-10-6-4-9(5-7-10)11(12(18)19-2)17-8-13(14,15)16/h4-7,11,17H,3,8H2,1-2H3. The smallest absolute Gasteiger partial charge is 0.401 e. The Morgan fingerprint density at radius 1 is 1.30 bits per heavy atom. The fourth-order valence-corrected chi connectivity index (χ4v) is 1.60. The van der Waals surface area contributed by atoms with Gasteiger partial charge in [0.1, 0.15) is 11.8 Å². The Labute approximate surface area is 114 Å². The normalized spacial score (nSPS) is 12.8. The summed E-state index contributed by atoms with van der Waals surface area (Å²) in [5.41, 5.74) is 0.379. The fourth-order valence-electron chi connectivity index (χ4n) is 1.60. The van der Waals surface area contributed by atoms with E-state index in [2.05, 4.69) is 10.1 Å². The second-order valence-corrected chi connectivity index (χ2v) is 3.95. The van der Waals surface area contributed by atoms with Gasteiger partial charge in [0.2, 0.25) is 0 Å². The van der Waals surface area contributed by atoms with E-state index in [1.54, 1.807) is 12.1 Å². The van der Waals surface area contributed by atoms with Gasteiger partial charge in [0.05, 0.1) is 20.3 Å². The summed E-state index contributed by atoms with van der Waals surface area (Å²) in [7, 11) is 1.12. The molecule has 20 heavy (non-hydrogen) atoms. The van der Waals surface area contributed by atoms with Crippen LogP contribution < -0.4 is 10.1 Å². The zero-order valence-corrected chi connectivity index (χ0v) is 11.2. The van der Waals surface area contributed by atoms with E-state index >= 15 is 0 Å². The number of hydrogen-bond donors (Lipinski definition) is 1. The van der Waals surface area contributed by atoms with Gasteiger partial charge in [0, 0.05) is 0 Å². The highest BCUT2D eigenvalue weighted by atomic mass is 19.4. The van der Waals surface area contributed by atoms with Gasteiger partial charge in [-0.25, -0.2) is 4.79 Å². The van der Waals surface area contributed by atoms with Crippen LogP contribution in [0.3, 0.4) is 0 Å². The number of hydrogen-bond acceptors (Lipinski definition) is 4. The third-order valence-corrected chi connectivity index (χ3v) is 2.47. The van der Waals surface area contributed by atoms with Crippen LogP contribution in [0.4, 0.5) is 13.2 Å². The maximum Gasteiger partial charge on any atom is 0.401 e. The summed E-state index contributed by atoms with van der Waals surface area (Å²) >= 11 is 0. The molecular weight excluding hydrogens is 275 g/mol. The molecule has 7 heteroatoms. The molecule has 0 aromatic heterocycles. The number of esters is 1. The predicted octanol–water partition coefficient (Wildman–Crippen LogP) is 2.45. The van der Waals surface area contributed by atoms with Crippen LogP contribution in [0.5, 0.6) is 5.75 Å². The summed E-state index contributed by atoms with van der Waals surface area (Å²) in [4.78, 5) is 11.6. The number of halogens is 3. The highest BCUT2D eigenvalue weighted by molar-refractivity contribution is 5.77. The highest BCUT2D eigenvalue weighted by Crippen LogP contribution is 2.21. The van der Waals surface area contributed by atoms with Crippen molar-refractivity contribution in [2.24, 2.45) is 0 Å². The first kappa shape index (κ1) is 16.3.